The molecular formula is C15H11N5OS2. The standard InChI is InChI=1S/C15H11N5OS2/c1-21-10-4-7-16-13-12(10)11(8-2-5-17-14(22)19-8)9-3-6-18-15(23)20(9)13/h2-7H,1H3,(H,18,23)(H,17,19,22). The lowest BCUT2D eigenvalue weighted by Crippen LogP contribution is -1.92. The molecule has 0 aliphatic carbocycles. The molecule has 0 radical (unpaired) electrons. The van der Waals surface area contributed by atoms with Crippen LogP contribution in [0.3, 0.4) is 0 Å². The van der Waals surface area contributed by atoms with E-state index in [0.717, 1.165) is 22.2 Å². The molecule has 4 rings (SSSR count). The number of hydrogen-bond acceptors (Lipinski definition) is 7. The Morgan fingerprint density at radius 3 is 2.57 bits per heavy atom. The van der Waals surface area contributed by atoms with Crippen molar-refractivity contribution in [3.63, 3.8) is 0 Å². The molecule has 0 spiro atoms. The molecule has 0 bridgehead atoms. The first-order chi connectivity index (χ1) is 11.2. The number of hydrogen-bond donors (Lipinski definition) is 2. The maximum Gasteiger partial charge on any atom is 0.184 e. The Bertz CT molecular complexity index is 1050. The molecule has 0 saturated heterocycles. The third-order valence-electron chi connectivity index (χ3n) is 3.59. The zero-order valence-corrected chi connectivity index (χ0v) is 13.8. The molecule has 0 unspecified atom stereocenters. The number of methoxy groups -OCH3 is 1. The first kappa shape index (κ1) is 14.3. The molecule has 0 aliphatic heterocycles. The van der Waals surface area contributed by atoms with E-state index < -0.39 is 0 Å². The smallest absolute Gasteiger partial charge is 0.184 e. The normalized spacial score (nSPS) is 11.3. The third kappa shape index (κ3) is 2.13. The fourth-order valence-electron chi connectivity index (χ4n) is 2.70. The van der Waals surface area contributed by atoms with Crippen LogP contribution in [0.5, 0.6) is 5.75 Å². The Labute approximate surface area is 142 Å². The van der Waals surface area contributed by atoms with Crippen LogP contribution in [-0.4, -0.2) is 31.4 Å². The van der Waals surface area contributed by atoms with Gasteiger partial charge in [0, 0.05) is 24.2 Å². The molecule has 4 aromatic rings. The number of fused-ring (bicyclic) bond motifs is 3. The van der Waals surface area contributed by atoms with Crippen molar-refractivity contribution in [3.8, 4) is 17.0 Å². The minimum atomic E-state index is 0.401. The van der Waals surface area contributed by atoms with Crippen molar-refractivity contribution in [2.24, 2.45) is 0 Å². The Morgan fingerprint density at radius 1 is 1.00 bits per heavy atom. The first-order valence-electron chi connectivity index (χ1n) is 6.74. The highest BCUT2D eigenvalue weighted by atomic mass is 32.1. The highest BCUT2D eigenvalue weighted by Gasteiger charge is 2.20. The molecule has 114 valence electrons. The summed E-state index contributed by atoms with van der Waals surface area (Å²) in [6.07, 6.45) is 5.07. The largest absolute Gasteiger partial charge is 0.496 e. The van der Waals surface area contributed by atoms with Crippen LogP contribution >= 0.6 is 25.3 Å². The van der Waals surface area contributed by atoms with E-state index in [9.17, 15) is 0 Å². The van der Waals surface area contributed by atoms with Gasteiger partial charge >= 0.3 is 0 Å². The number of nitrogens with zero attached hydrogens (tertiary/aromatic N) is 5. The lowest BCUT2D eigenvalue weighted by atomic mass is 10.1. The average Bonchev–Trinajstić information content (AvgIpc) is 2.90. The van der Waals surface area contributed by atoms with E-state index in [-0.39, 0.29) is 0 Å². The summed E-state index contributed by atoms with van der Waals surface area (Å²) in [6.45, 7) is 0. The Morgan fingerprint density at radius 2 is 1.78 bits per heavy atom. The fraction of sp³-hybridized carbons (Fsp3) is 0.0667. The van der Waals surface area contributed by atoms with Crippen LogP contribution in [0.2, 0.25) is 0 Å². The summed E-state index contributed by atoms with van der Waals surface area (Å²) >= 11 is 8.70. The zero-order chi connectivity index (χ0) is 16.0. The molecule has 0 aliphatic rings. The van der Waals surface area contributed by atoms with E-state index in [1.807, 2.05) is 22.6 Å². The molecule has 0 saturated carbocycles. The number of thiol groups is 2. The summed E-state index contributed by atoms with van der Waals surface area (Å²) in [5.41, 5.74) is 3.23. The van der Waals surface area contributed by atoms with Gasteiger partial charge in [0.15, 0.2) is 16.0 Å². The van der Waals surface area contributed by atoms with Gasteiger partial charge in [-0.25, -0.2) is 19.9 Å². The van der Waals surface area contributed by atoms with Gasteiger partial charge in [-0.05, 0) is 18.2 Å². The quantitative estimate of drug-likeness (QED) is 0.433. The second kappa shape index (κ2) is 5.39. The summed E-state index contributed by atoms with van der Waals surface area (Å²) in [4.78, 5) is 17.2. The zero-order valence-electron chi connectivity index (χ0n) is 12.0. The maximum absolute atomic E-state index is 5.53. The van der Waals surface area contributed by atoms with Crippen molar-refractivity contribution in [2.75, 3.05) is 7.11 Å². The lowest BCUT2D eigenvalue weighted by Gasteiger charge is -2.04. The molecule has 0 fully saturated rings. The van der Waals surface area contributed by atoms with Crippen LogP contribution in [-0.2, 0) is 0 Å². The predicted octanol–water partition coefficient (Wildman–Crippen LogP) is 2.93. The van der Waals surface area contributed by atoms with E-state index in [0.29, 0.717) is 21.7 Å². The molecule has 4 heterocycles. The Balaban J connectivity index is 2.26. The Kier molecular flexibility index (Phi) is 3.35. The van der Waals surface area contributed by atoms with E-state index in [4.69, 9.17) is 4.74 Å². The van der Waals surface area contributed by atoms with Gasteiger partial charge < -0.3 is 4.74 Å². The number of rotatable bonds is 2. The van der Waals surface area contributed by atoms with Gasteiger partial charge in [-0.1, -0.05) is 0 Å². The van der Waals surface area contributed by atoms with Gasteiger partial charge in [0.2, 0.25) is 0 Å². The second-order valence-corrected chi connectivity index (χ2v) is 5.59. The SMILES string of the molecule is COc1ccnc2c1c(-c1ccnc(S)n1)c1ccnc(S)n12. The van der Waals surface area contributed by atoms with Gasteiger partial charge in [0.25, 0.3) is 0 Å². The monoisotopic (exact) mass is 341 g/mol. The topological polar surface area (TPSA) is 65.2 Å². The lowest BCUT2D eigenvalue weighted by molar-refractivity contribution is 0.419. The average molecular weight is 341 g/mol. The van der Waals surface area contributed by atoms with Crippen LogP contribution in [0.4, 0.5) is 0 Å². The number of ether oxygens (including phenoxy) is 1. The van der Waals surface area contributed by atoms with E-state index in [2.05, 4.69) is 45.2 Å². The minimum absolute atomic E-state index is 0.401. The van der Waals surface area contributed by atoms with Crippen LogP contribution in [0.15, 0.2) is 47.1 Å². The predicted molar refractivity (Wildman–Crippen MR) is 92.6 cm³/mol. The molecule has 0 N–H and O–H groups in total. The van der Waals surface area contributed by atoms with Crippen molar-refractivity contribution in [2.45, 2.75) is 10.3 Å². The summed E-state index contributed by atoms with van der Waals surface area (Å²) < 4.78 is 7.40. The summed E-state index contributed by atoms with van der Waals surface area (Å²) in [5, 5.41) is 1.79. The number of pyridine rings is 1. The van der Waals surface area contributed by atoms with Crippen molar-refractivity contribution in [1.82, 2.24) is 24.3 Å². The second-order valence-electron chi connectivity index (χ2n) is 4.79. The van der Waals surface area contributed by atoms with Gasteiger partial charge in [0.05, 0.1) is 23.7 Å². The molecular weight excluding hydrogens is 330 g/mol. The van der Waals surface area contributed by atoms with Crippen LogP contribution in [0, 0.1) is 0 Å². The van der Waals surface area contributed by atoms with Gasteiger partial charge in [-0.15, -0.1) is 25.3 Å². The highest BCUT2D eigenvalue weighted by Crippen LogP contribution is 2.39. The molecule has 0 aromatic carbocycles. The van der Waals surface area contributed by atoms with Crippen molar-refractivity contribution in [1.29, 1.82) is 0 Å². The molecule has 4 aromatic heterocycles. The maximum atomic E-state index is 5.53. The highest BCUT2D eigenvalue weighted by molar-refractivity contribution is 7.80. The van der Waals surface area contributed by atoms with Crippen molar-refractivity contribution < 1.29 is 4.74 Å². The first-order valence-corrected chi connectivity index (χ1v) is 7.63. The van der Waals surface area contributed by atoms with Crippen LogP contribution in [0.25, 0.3) is 27.8 Å². The third-order valence-corrected chi connectivity index (χ3v) is 4.12. The minimum Gasteiger partial charge on any atom is -0.496 e. The summed E-state index contributed by atoms with van der Waals surface area (Å²) in [6, 6.07) is 5.55. The van der Waals surface area contributed by atoms with E-state index in [1.165, 1.54) is 0 Å². The van der Waals surface area contributed by atoms with Crippen LogP contribution in [0.1, 0.15) is 0 Å². The van der Waals surface area contributed by atoms with Gasteiger partial charge in [-0.2, -0.15) is 0 Å². The van der Waals surface area contributed by atoms with E-state index in [1.54, 1.807) is 25.7 Å². The van der Waals surface area contributed by atoms with E-state index >= 15 is 0 Å². The van der Waals surface area contributed by atoms with Crippen molar-refractivity contribution in [3.05, 3.63) is 36.8 Å². The molecule has 8 heteroatoms. The van der Waals surface area contributed by atoms with Gasteiger partial charge in [-0.3, -0.25) is 4.40 Å². The summed E-state index contributed by atoms with van der Waals surface area (Å²) in [5.74, 6) is 0.709. The summed E-state index contributed by atoms with van der Waals surface area (Å²) in [7, 11) is 1.63. The molecule has 0 atom stereocenters. The molecule has 23 heavy (non-hydrogen) atoms. The molecule has 0 amide bonds. The number of aromatic nitrogens is 5. The Hall–Kier alpha value is -2.32. The fourth-order valence-corrected chi connectivity index (χ4v) is 3.15. The molecule has 6 nitrogen and oxygen atoms in total. The van der Waals surface area contributed by atoms with Crippen molar-refractivity contribution >= 4 is 41.8 Å². The van der Waals surface area contributed by atoms with Crippen LogP contribution < -0.4 is 4.74 Å². The van der Waals surface area contributed by atoms with Gasteiger partial charge in [0.1, 0.15) is 5.75 Å².